The van der Waals surface area contributed by atoms with Gasteiger partial charge in [-0.25, -0.2) is 4.79 Å². The van der Waals surface area contributed by atoms with Crippen molar-refractivity contribution in [2.45, 2.75) is 26.8 Å². The molecule has 0 bridgehead atoms. The standard InChI is InChI=1S/C11H15NO4/c1-6(2)8(11(14)15)12-10(13)9-7(3)4-5-16-9/h4-6,8H,1-3H3,(H,12,13)(H,14,15)/t8-/m1/s1. The van der Waals surface area contributed by atoms with Crippen LogP contribution in [0.25, 0.3) is 0 Å². The number of hydrogen-bond acceptors (Lipinski definition) is 3. The Labute approximate surface area is 93.4 Å². The normalized spacial score (nSPS) is 12.5. The molecule has 1 heterocycles. The fourth-order valence-electron chi connectivity index (χ4n) is 1.33. The van der Waals surface area contributed by atoms with Crippen molar-refractivity contribution < 1.29 is 19.1 Å². The summed E-state index contributed by atoms with van der Waals surface area (Å²) in [6, 6.07) is 0.747. The molecule has 1 amide bonds. The lowest BCUT2D eigenvalue weighted by Gasteiger charge is -2.17. The molecule has 0 aliphatic rings. The number of carbonyl (C=O) groups is 2. The predicted molar refractivity (Wildman–Crippen MR) is 57.2 cm³/mol. The van der Waals surface area contributed by atoms with Crippen molar-refractivity contribution in [2.24, 2.45) is 5.92 Å². The highest BCUT2D eigenvalue weighted by Gasteiger charge is 2.25. The molecule has 1 aromatic rings. The van der Waals surface area contributed by atoms with Crippen molar-refractivity contribution in [1.82, 2.24) is 5.32 Å². The summed E-state index contributed by atoms with van der Waals surface area (Å²) >= 11 is 0. The van der Waals surface area contributed by atoms with Crippen LogP contribution in [-0.2, 0) is 4.79 Å². The molecule has 5 heteroatoms. The summed E-state index contributed by atoms with van der Waals surface area (Å²) in [5.41, 5.74) is 0.686. The molecule has 0 aliphatic carbocycles. The number of rotatable bonds is 4. The highest BCUT2D eigenvalue weighted by molar-refractivity contribution is 5.95. The molecule has 1 aromatic heterocycles. The number of carbonyl (C=O) groups excluding carboxylic acids is 1. The molecule has 0 spiro atoms. The number of nitrogens with one attached hydrogen (secondary N) is 1. The lowest BCUT2D eigenvalue weighted by molar-refractivity contribution is -0.140. The molecule has 88 valence electrons. The number of hydrogen-bond donors (Lipinski definition) is 2. The van der Waals surface area contributed by atoms with Crippen LogP contribution in [0.15, 0.2) is 16.7 Å². The molecular formula is C11H15NO4. The van der Waals surface area contributed by atoms with Gasteiger partial charge in [0, 0.05) is 5.56 Å². The zero-order valence-electron chi connectivity index (χ0n) is 9.48. The topological polar surface area (TPSA) is 79.5 Å². The summed E-state index contributed by atoms with van der Waals surface area (Å²) < 4.78 is 4.98. The summed E-state index contributed by atoms with van der Waals surface area (Å²) in [4.78, 5) is 22.6. The van der Waals surface area contributed by atoms with Crippen molar-refractivity contribution in [3.05, 3.63) is 23.7 Å². The number of aryl methyl sites for hydroxylation is 1. The van der Waals surface area contributed by atoms with Crippen LogP contribution in [0.4, 0.5) is 0 Å². The summed E-state index contributed by atoms with van der Waals surface area (Å²) in [5, 5.41) is 11.3. The lowest BCUT2D eigenvalue weighted by Crippen LogP contribution is -2.44. The molecule has 16 heavy (non-hydrogen) atoms. The van der Waals surface area contributed by atoms with Gasteiger partial charge in [-0.15, -0.1) is 0 Å². The third-order valence-electron chi connectivity index (χ3n) is 2.29. The van der Waals surface area contributed by atoms with Crippen molar-refractivity contribution in [3.63, 3.8) is 0 Å². The number of carboxylic acids is 1. The maximum atomic E-state index is 11.7. The van der Waals surface area contributed by atoms with Gasteiger partial charge in [0.25, 0.3) is 5.91 Å². The predicted octanol–water partition coefficient (Wildman–Crippen LogP) is 1.43. The average molecular weight is 225 g/mol. The number of amides is 1. The minimum Gasteiger partial charge on any atom is -0.480 e. The van der Waals surface area contributed by atoms with Gasteiger partial charge in [-0.1, -0.05) is 13.8 Å². The third kappa shape index (κ3) is 2.62. The molecule has 0 radical (unpaired) electrons. The fourth-order valence-corrected chi connectivity index (χ4v) is 1.33. The Morgan fingerprint density at radius 3 is 2.44 bits per heavy atom. The Morgan fingerprint density at radius 1 is 1.44 bits per heavy atom. The average Bonchev–Trinajstić information content (AvgIpc) is 2.59. The second-order valence-electron chi connectivity index (χ2n) is 3.97. The molecular weight excluding hydrogens is 210 g/mol. The molecule has 1 atom stereocenters. The highest BCUT2D eigenvalue weighted by atomic mass is 16.4. The monoisotopic (exact) mass is 225 g/mol. The SMILES string of the molecule is Cc1ccoc1C(=O)N[C@@H](C(=O)O)C(C)C. The Bertz CT molecular complexity index is 394. The van der Waals surface area contributed by atoms with Gasteiger partial charge < -0.3 is 14.8 Å². The summed E-state index contributed by atoms with van der Waals surface area (Å²) in [6.45, 7) is 5.19. The highest BCUT2D eigenvalue weighted by Crippen LogP contribution is 2.10. The molecule has 0 saturated heterocycles. The van der Waals surface area contributed by atoms with Gasteiger partial charge in [0.15, 0.2) is 5.76 Å². The van der Waals surface area contributed by atoms with Crippen LogP contribution in [0, 0.1) is 12.8 Å². The van der Waals surface area contributed by atoms with Gasteiger partial charge in [-0.2, -0.15) is 0 Å². The number of aliphatic carboxylic acids is 1. The first-order valence-corrected chi connectivity index (χ1v) is 5.01. The lowest BCUT2D eigenvalue weighted by atomic mass is 10.0. The molecule has 0 unspecified atom stereocenters. The fraction of sp³-hybridized carbons (Fsp3) is 0.455. The first kappa shape index (κ1) is 12.3. The van der Waals surface area contributed by atoms with Gasteiger partial charge in [0.1, 0.15) is 6.04 Å². The quantitative estimate of drug-likeness (QED) is 0.812. The van der Waals surface area contributed by atoms with E-state index in [1.807, 2.05) is 0 Å². The first-order chi connectivity index (χ1) is 7.43. The summed E-state index contributed by atoms with van der Waals surface area (Å²) in [6.07, 6.45) is 1.40. The minimum absolute atomic E-state index is 0.159. The van der Waals surface area contributed by atoms with Crippen LogP contribution in [0.3, 0.4) is 0 Å². The second-order valence-corrected chi connectivity index (χ2v) is 3.97. The Kier molecular flexibility index (Phi) is 3.71. The van der Waals surface area contributed by atoms with E-state index in [-0.39, 0.29) is 11.7 Å². The molecule has 0 aromatic carbocycles. The van der Waals surface area contributed by atoms with Gasteiger partial charge >= 0.3 is 5.97 Å². The van der Waals surface area contributed by atoms with Crippen LogP contribution in [-0.4, -0.2) is 23.0 Å². The maximum absolute atomic E-state index is 11.7. The van der Waals surface area contributed by atoms with Gasteiger partial charge in [0.05, 0.1) is 6.26 Å². The van der Waals surface area contributed by atoms with Crippen LogP contribution in [0.1, 0.15) is 30.0 Å². The van der Waals surface area contributed by atoms with Crippen LogP contribution >= 0.6 is 0 Å². The molecule has 0 fully saturated rings. The molecule has 0 saturated carbocycles. The number of furan rings is 1. The third-order valence-corrected chi connectivity index (χ3v) is 2.29. The molecule has 2 N–H and O–H groups in total. The van der Waals surface area contributed by atoms with E-state index in [1.165, 1.54) is 6.26 Å². The van der Waals surface area contributed by atoms with Crippen LogP contribution < -0.4 is 5.32 Å². The Balaban J connectivity index is 2.77. The summed E-state index contributed by atoms with van der Waals surface area (Å²) in [5.74, 6) is -1.57. The van der Waals surface area contributed by atoms with Crippen molar-refractivity contribution in [2.75, 3.05) is 0 Å². The van der Waals surface area contributed by atoms with E-state index >= 15 is 0 Å². The van der Waals surface area contributed by atoms with Crippen LogP contribution in [0.5, 0.6) is 0 Å². The van der Waals surface area contributed by atoms with Gasteiger partial charge in [-0.05, 0) is 18.9 Å². The molecule has 1 rings (SSSR count). The van der Waals surface area contributed by atoms with Gasteiger partial charge in [-0.3, -0.25) is 4.79 Å². The number of carboxylic acid groups (broad SMARTS) is 1. The Morgan fingerprint density at radius 2 is 2.06 bits per heavy atom. The molecule has 5 nitrogen and oxygen atoms in total. The largest absolute Gasteiger partial charge is 0.480 e. The minimum atomic E-state index is -1.05. The molecule has 0 aliphatic heterocycles. The summed E-state index contributed by atoms with van der Waals surface area (Å²) in [7, 11) is 0. The van der Waals surface area contributed by atoms with E-state index in [0.29, 0.717) is 5.56 Å². The Hall–Kier alpha value is -1.78. The van der Waals surface area contributed by atoms with E-state index in [2.05, 4.69) is 5.32 Å². The van der Waals surface area contributed by atoms with E-state index in [4.69, 9.17) is 9.52 Å². The van der Waals surface area contributed by atoms with Crippen molar-refractivity contribution in [1.29, 1.82) is 0 Å². The van der Waals surface area contributed by atoms with Crippen molar-refractivity contribution >= 4 is 11.9 Å². The first-order valence-electron chi connectivity index (χ1n) is 5.01. The van der Waals surface area contributed by atoms with Gasteiger partial charge in [0.2, 0.25) is 0 Å². The smallest absolute Gasteiger partial charge is 0.326 e. The van der Waals surface area contributed by atoms with Crippen molar-refractivity contribution in [3.8, 4) is 0 Å². The zero-order valence-corrected chi connectivity index (χ0v) is 9.48. The maximum Gasteiger partial charge on any atom is 0.326 e. The second kappa shape index (κ2) is 4.83. The van der Waals surface area contributed by atoms with Crippen LogP contribution in [0.2, 0.25) is 0 Å². The zero-order chi connectivity index (χ0) is 12.3. The van der Waals surface area contributed by atoms with E-state index in [0.717, 1.165) is 0 Å². The van der Waals surface area contributed by atoms with E-state index in [9.17, 15) is 9.59 Å². The van der Waals surface area contributed by atoms with E-state index < -0.39 is 17.9 Å². The van der Waals surface area contributed by atoms with E-state index in [1.54, 1.807) is 26.8 Å².